The molecule has 1 heterocycles. The minimum Gasteiger partial charge on any atom is -0.322 e. The molecule has 1 N–H and O–H groups in total. The lowest BCUT2D eigenvalue weighted by Crippen LogP contribution is -2.45. The van der Waals surface area contributed by atoms with Gasteiger partial charge >= 0.3 is 0 Å². The van der Waals surface area contributed by atoms with E-state index in [-0.39, 0.29) is 5.56 Å². The summed E-state index contributed by atoms with van der Waals surface area (Å²) in [5, 5.41) is 2.60. The summed E-state index contributed by atoms with van der Waals surface area (Å²) >= 11 is 0. The second kappa shape index (κ2) is 8.38. The van der Waals surface area contributed by atoms with Crippen LogP contribution in [0.5, 0.6) is 0 Å². The maximum Gasteiger partial charge on any atom is 0.258 e. The summed E-state index contributed by atoms with van der Waals surface area (Å²) in [7, 11) is 0. The van der Waals surface area contributed by atoms with E-state index in [1.807, 2.05) is 12.1 Å². The van der Waals surface area contributed by atoms with Crippen molar-refractivity contribution >= 4 is 11.6 Å². The molecule has 0 aliphatic carbocycles. The van der Waals surface area contributed by atoms with E-state index >= 15 is 0 Å². The van der Waals surface area contributed by atoms with Gasteiger partial charge in [0.2, 0.25) is 0 Å². The van der Waals surface area contributed by atoms with Crippen LogP contribution in [-0.4, -0.2) is 48.4 Å². The predicted octanol–water partition coefficient (Wildman–Crippen LogP) is 3.35. The Morgan fingerprint density at radius 3 is 2.31 bits per heavy atom. The number of rotatable bonds is 5. The van der Waals surface area contributed by atoms with Crippen molar-refractivity contribution in [3.63, 3.8) is 0 Å². The molecule has 0 spiro atoms. The molecule has 0 bridgehead atoms. The zero-order valence-corrected chi connectivity index (χ0v) is 14.8. The molecule has 1 aliphatic rings. The second-order valence-corrected chi connectivity index (χ2v) is 6.49. The molecule has 1 amide bonds. The van der Waals surface area contributed by atoms with Crippen molar-refractivity contribution in [2.75, 3.05) is 38.0 Å². The predicted molar refractivity (Wildman–Crippen MR) is 98.1 cm³/mol. The van der Waals surface area contributed by atoms with Gasteiger partial charge in [0.15, 0.2) is 0 Å². The number of nitrogens with one attached hydrogen (secondary N) is 1. The quantitative estimate of drug-likeness (QED) is 0.889. The third-order valence-electron chi connectivity index (χ3n) is 4.70. The highest BCUT2D eigenvalue weighted by molar-refractivity contribution is 6.04. The number of hydrogen-bond acceptors (Lipinski definition) is 3. The highest BCUT2D eigenvalue weighted by Crippen LogP contribution is 2.16. The van der Waals surface area contributed by atoms with Crippen LogP contribution in [0.3, 0.4) is 0 Å². The molecule has 6 heteroatoms. The number of piperazine rings is 1. The summed E-state index contributed by atoms with van der Waals surface area (Å²) in [6.07, 6.45) is 0. The molecule has 0 atom stereocenters. The average Bonchev–Trinajstić information content (AvgIpc) is 2.66. The van der Waals surface area contributed by atoms with Gasteiger partial charge in [-0.25, -0.2) is 8.78 Å². The van der Waals surface area contributed by atoms with E-state index in [0.29, 0.717) is 5.69 Å². The summed E-state index contributed by atoms with van der Waals surface area (Å²) < 4.78 is 26.9. The van der Waals surface area contributed by atoms with E-state index in [9.17, 15) is 13.6 Å². The monoisotopic (exact) mass is 359 g/mol. The van der Waals surface area contributed by atoms with E-state index in [4.69, 9.17) is 0 Å². The highest BCUT2D eigenvalue weighted by atomic mass is 19.1. The Labute approximate surface area is 152 Å². The average molecular weight is 359 g/mol. The van der Waals surface area contributed by atoms with Crippen LogP contribution in [0.1, 0.15) is 22.8 Å². The van der Waals surface area contributed by atoms with Gasteiger partial charge in [-0.3, -0.25) is 9.69 Å². The minimum absolute atomic E-state index is 0.303. The van der Waals surface area contributed by atoms with Crippen LogP contribution in [0.2, 0.25) is 0 Å². The lowest BCUT2D eigenvalue weighted by Gasteiger charge is -2.34. The maximum atomic E-state index is 13.7. The third kappa shape index (κ3) is 4.65. The van der Waals surface area contributed by atoms with Crippen molar-refractivity contribution in [3.8, 4) is 0 Å². The van der Waals surface area contributed by atoms with E-state index in [2.05, 4.69) is 22.0 Å². The fourth-order valence-electron chi connectivity index (χ4n) is 3.09. The number of nitrogens with zero attached hydrogens (tertiary/aromatic N) is 2. The lowest BCUT2D eigenvalue weighted by molar-refractivity contribution is 0.102. The zero-order chi connectivity index (χ0) is 18.5. The Bertz CT molecular complexity index is 756. The molecule has 1 saturated heterocycles. The summed E-state index contributed by atoms with van der Waals surface area (Å²) in [6, 6.07) is 10.3. The molecule has 3 rings (SSSR count). The van der Waals surface area contributed by atoms with Gasteiger partial charge in [0, 0.05) is 38.4 Å². The summed E-state index contributed by atoms with van der Waals surface area (Å²) in [5.74, 6) is -2.05. The van der Waals surface area contributed by atoms with Crippen LogP contribution < -0.4 is 5.32 Å². The number of amides is 1. The van der Waals surface area contributed by atoms with Crippen LogP contribution in [0.4, 0.5) is 14.5 Å². The fraction of sp³-hybridized carbons (Fsp3) is 0.350. The van der Waals surface area contributed by atoms with Gasteiger partial charge in [-0.05, 0) is 42.4 Å². The molecule has 2 aromatic rings. The minimum atomic E-state index is -0.744. The van der Waals surface area contributed by atoms with Gasteiger partial charge in [-0.15, -0.1) is 0 Å². The first-order chi connectivity index (χ1) is 12.5. The summed E-state index contributed by atoms with van der Waals surface area (Å²) in [5.41, 5.74) is 1.41. The molecule has 1 aliphatic heterocycles. The van der Waals surface area contributed by atoms with Crippen molar-refractivity contribution < 1.29 is 13.6 Å². The van der Waals surface area contributed by atoms with Crippen LogP contribution in [-0.2, 0) is 6.54 Å². The van der Waals surface area contributed by atoms with Crippen molar-refractivity contribution in [2.45, 2.75) is 13.5 Å². The number of carbonyl (C=O) groups excluding carboxylic acids is 1. The molecular weight excluding hydrogens is 336 g/mol. The second-order valence-electron chi connectivity index (χ2n) is 6.49. The van der Waals surface area contributed by atoms with E-state index in [0.717, 1.165) is 63.0 Å². The molecule has 0 unspecified atom stereocenters. The number of carbonyl (C=O) groups is 1. The first kappa shape index (κ1) is 18.5. The maximum absolute atomic E-state index is 13.7. The number of anilines is 1. The molecule has 0 radical (unpaired) electrons. The van der Waals surface area contributed by atoms with E-state index in [1.54, 1.807) is 12.1 Å². The standard InChI is InChI=1S/C20H23F2N3O/c1-2-24-9-11-25(12-10-24)14-15-3-6-17(7-4-15)23-20(26)18-13-16(21)5-8-19(18)22/h3-8,13H,2,9-12,14H2,1H3,(H,23,26). The number of likely N-dealkylation sites (N-methyl/N-ethyl adjacent to an activating group) is 1. The number of halogens is 2. The van der Waals surface area contributed by atoms with Crippen LogP contribution >= 0.6 is 0 Å². The number of benzene rings is 2. The van der Waals surface area contributed by atoms with Crippen LogP contribution in [0.25, 0.3) is 0 Å². The van der Waals surface area contributed by atoms with Crippen molar-refractivity contribution in [1.82, 2.24) is 9.80 Å². The first-order valence-electron chi connectivity index (χ1n) is 8.85. The Morgan fingerprint density at radius 1 is 1.00 bits per heavy atom. The highest BCUT2D eigenvalue weighted by Gasteiger charge is 2.16. The zero-order valence-electron chi connectivity index (χ0n) is 14.8. The van der Waals surface area contributed by atoms with Crippen molar-refractivity contribution in [2.24, 2.45) is 0 Å². The Morgan fingerprint density at radius 2 is 1.65 bits per heavy atom. The molecule has 4 nitrogen and oxygen atoms in total. The van der Waals surface area contributed by atoms with Gasteiger partial charge in [0.1, 0.15) is 11.6 Å². The Kier molecular flexibility index (Phi) is 5.96. The summed E-state index contributed by atoms with van der Waals surface area (Å²) in [6.45, 7) is 8.40. The van der Waals surface area contributed by atoms with Gasteiger partial charge in [-0.2, -0.15) is 0 Å². The molecule has 0 saturated carbocycles. The Hall–Kier alpha value is -2.31. The van der Waals surface area contributed by atoms with Crippen molar-refractivity contribution in [1.29, 1.82) is 0 Å². The van der Waals surface area contributed by atoms with E-state index < -0.39 is 17.5 Å². The first-order valence-corrected chi connectivity index (χ1v) is 8.85. The molecule has 2 aromatic carbocycles. The molecule has 138 valence electrons. The topological polar surface area (TPSA) is 35.6 Å². The molecular formula is C20H23F2N3O. The van der Waals surface area contributed by atoms with Crippen molar-refractivity contribution in [3.05, 3.63) is 65.2 Å². The van der Waals surface area contributed by atoms with Crippen LogP contribution in [0.15, 0.2) is 42.5 Å². The summed E-state index contributed by atoms with van der Waals surface area (Å²) in [4.78, 5) is 17.0. The normalized spacial score (nSPS) is 15.8. The largest absolute Gasteiger partial charge is 0.322 e. The molecule has 1 fully saturated rings. The van der Waals surface area contributed by atoms with E-state index in [1.165, 1.54) is 0 Å². The van der Waals surface area contributed by atoms with Gasteiger partial charge in [-0.1, -0.05) is 19.1 Å². The van der Waals surface area contributed by atoms with Gasteiger partial charge < -0.3 is 10.2 Å². The van der Waals surface area contributed by atoms with Gasteiger partial charge in [0.05, 0.1) is 5.56 Å². The fourth-order valence-corrected chi connectivity index (χ4v) is 3.09. The number of hydrogen-bond donors (Lipinski definition) is 1. The lowest BCUT2D eigenvalue weighted by atomic mass is 10.1. The smallest absolute Gasteiger partial charge is 0.258 e. The van der Waals surface area contributed by atoms with Crippen LogP contribution in [0, 0.1) is 11.6 Å². The van der Waals surface area contributed by atoms with Gasteiger partial charge in [0.25, 0.3) is 5.91 Å². The third-order valence-corrected chi connectivity index (χ3v) is 4.70. The molecule has 26 heavy (non-hydrogen) atoms. The Balaban J connectivity index is 1.57. The molecule has 0 aromatic heterocycles. The SMILES string of the molecule is CCN1CCN(Cc2ccc(NC(=O)c3cc(F)ccc3F)cc2)CC1.